The maximum atomic E-state index is 13.4. The van der Waals surface area contributed by atoms with Crippen LogP contribution in [-0.4, -0.2) is 51.1 Å². The van der Waals surface area contributed by atoms with Crippen LogP contribution >= 0.6 is 0 Å². The van der Waals surface area contributed by atoms with Crippen LogP contribution in [0.1, 0.15) is 53.9 Å². The number of nitrogens with one attached hydrogen (secondary N) is 1. The average Bonchev–Trinajstić information content (AvgIpc) is 3.39. The molecule has 2 heterocycles. The number of halogens is 7. The summed E-state index contributed by atoms with van der Waals surface area (Å²) in [5.41, 5.74) is 0.899. The Morgan fingerprint density at radius 3 is 2.47 bits per heavy atom. The van der Waals surface area contributed by atoms with E-state index in [1.165, 1.54) is 23.1 Å². The molecule has 1 saturated carbocycles. The minimum atomic E-state index is -6.05. The first-order valence-electron chi connectivity index (χ1n) is 10.2. The lowest BCUT2D eigenvalue weighted by Gasteiger charge is -2.38. The van der Waals surface area contributed by atoms with Gasteiger partial charge in [-0.1, -0.05) is 18.9 Å². The van der Waals surface area contributed by atoms with Gasteiger partial charge in [-0.15, -0.1) is 10.2 Å². The van der Waals surface area contributed by atoms with Gasteiger partial charge in [-0.25, -0.2) is 0 Å². The van der Waals surface area contributed by atoms with Gasteiger partial charge in [0, 0.05) is 23.7 Å². The summed E-state index contributed by atoms with van der Waals surface area (Å²) in [5, 5.41) is 8.53. The number of aromatic nitrogens is 2. The fraction of sp³-hybridized carbons (Fsp3) is 0.500. The molecule has 1 aromatic carbocycles. The predicted octanol–water partition coefficient (Wildman–Crippen LogP) is 4.26. The fourth-order valence-electron chi connectivity index (χ4n) is 4.20. The second-order valence-corrected chi connectivity index (χ2v) is 8.06. The van der Waals surface area contributed by atoms with Gasteiger partial charge in [0.05, 0.1) is 6.04 Å². The van der Waals surface area contributed by atoms with E-state index < -0.39 is 48.3 Å². The molecule has 2 aromatic rings. The number of rotatable bonds is 5. The highest BCUT2D eigenvalue weighted by molar-refractivity contribution is 5.99. The molecule has 0 saturated heterocycles. The first kappa shape index (κ1) is 24.0. The molecule has 0 unspecified atom stereocenters. The van der Waals surface area contributed by atoms with E-state index in [1.807, 2.05) is 0 Å². The van der Waals surface area contributed by atoms with Crippen LogP contribution in [0.15, 0.2) is 22.6 Å². The summed E-state index contributed by atoms with van der Waals surface area (Å²) in [6.07, 6.45) is -7.56. The van der Waals surface area contributed by atoms with Gasteiger partial charge in [0.25, 0.3) is 11.8 Å². The lowest BCUT2D eigenvalue weighted by molar-refractivity contribution is -0.270. The third kappa shape index (κ3) is 4.20. The molecule has 1 fully saturated rings. The first-order chi connectivity index (χ1) is 15.9. The Bertz CT molecular complexity index is 1100. The second kappa shape index (κ2) is 8.55. The third-order valence-electron chi connectivity index (χ3n) is 5.90. The maximum absolute atomic E-state index is 13.4. The zero-order chi connectivity index (χ0) is 24.8. The summed E-state index contributed by atoms with van der Waals surface area (Å²) in [5.74, 6) is -9.70. The van der Waals surface area contributed by atoms with Crippen LogP contribution in [0, 0.1) is 0 Å². The highest BCUT2D eigenvalue weighted by atomic mass is 19.4. The molecule has 7 nitrogen and oxygen atoms in total. The normalized spacial score (nSPS) is 21.2. The first-order valence-corrected chi connectivity index (χ1v) is 10.2. The van der Waals surface area contributed by atoms with Crippen LogP contribution in [0.5, 0.6) is 0 Å². The minimum absolute atomic E-state index is 0.0350. The van der Waals surface area contributed by atoms with Gasteiger partial charge in [-0.05, 0) is 30.5 Å². The van der Waals surface area contributed by atoms with Gasteiger partial charge in [0.15, 0.2) is 0 Å². The van der Waals surface area contributed by atoms with Crippen LogP contribution in [0.4, 0.5) is 30.7 Å². The van der Waals surface area contributed by atoms with Crippen molar-refractivity contribution >= 4 is 11.8 Å². The van der Waals surface area contributed by atoms with E-state index in [2.05, 4.69) is 10.2 Å². The number of hydrogen-bond acceptors (Lipinski definition) is 5. The van der Waals surface area contributed by atoms with E-state index in [0.29, 0.717) is 18.4 Å². The Kier molecular flexibility index (Phi) is 6.02. The molecule has 1 N–H and O–H groups in total. The van der Waals surface area contributed by atoms with Gasteiger partial charge >= 0.3 is 24.4 Å². The topological polar surface area (TPSA) is 88.3 Å². The van der Waals surface area contributed by atoms with E-state index in [-0.39, 0.29) is 36.4 Å². The number of amides is 2. The SMILES string of the molecule is O=C1c2cc(-c3nnc(C(F)F)o3)ccc2CN1[C@@H]1CCCC[C@H]1NC(=O)C(F)(F)C(F)(F)F. The van der Waals surface area contributed by atoms with E-state index >= 15 is 0 Å². The Balaban J connectivity index is 1.54. The van der Waals surface area contributed by atoms with Crippen molar-refractivity contribution in [2.75, 3.05) is 0 Å². The van der Waals surface area contributed by atoms with Gasteiger partial charge in [0.1, 0.15) is 0 Å². The van der Waals surface area contributed by atoms with Crippen molar-refractivity contribution in [1.82, 2.24) is 20.4 Å². The van der Waals surface area contributed by atoms with E-state index in [4.69, 9.17) is 4.42 Å². The molecule has 1 aromatic heterocycles. The van der Waals surface area contributed by atoms with E-state index in [9.17, 15) is 40.3 Å². The smallest absolute Gasteiger partial charge is 0.415 e. The standard InChI is InChI=1S/C20H17F7N4O3/c21-14(22)16-30-29-15(34-16)9-5-6-10-8-31(17(32)11(10)7-9)13-4-2-1-3-12(13)28-18(33)19(23,24)20(25,26)27/h5-7,12-14H,1-4,8H2,(H,28,33)/t12-,13-/m1/s1. The van der Waals surface area contributed by atoms with Crippen molar-refractivity contribution in [3.8, 4) is 11.5 Å². The van der Waals surface area contributed by atoms with Crippen molar-refractivity contribution in [1.29, 1.82) is 0 Å². The summed E-state index contributed by atoms with van der Waals surface area (Å²) in [4.78, 5) is 26.1. The van der Waals surface area contributed by atoms with Crippen molar-refractivity contribution in [3.05, 3.63) is 35.2 Å². The summed E-state index contributed by atoms with van der Waals surface area (Å²) >= 11 is 0. The molecule has 1 aliphatic heterocycles. The summed E-state index contributed by atoms with van der Waals surface area (Å²) < 4.78 is 94.9. The Morgan fingerprint density at radius 2 is 1.82 bits per heavy atom. The van der Waals surface area contributed by atoms with E-state index in [1.54, 1.807) is 5.32 Å². The predicted molar refractivity (Wildman–Crippen MR) is 99.8 cm³/mol. The van der Waals surface area contributed by atoms with Crippen LogP contribution in [0.3, 0.4) is 0 Å². The molecule has 1 aliphatic carbocycles. The van der Waals surface area contributed by atoms with Crippen molar-refractivity contribution in [2.24, 2.45) is 0 Å². The molecule has 2 aliphatic rings. The molecular weight excluding hydrogens is 477 g/mol. The molecule has 2 amide bonds. The number of nitrogens with zero attached hydrogens (tertiary/aromatic N) is 3. The van der Waals surface area contributed by atoms with Crippen LogP contribution in [0.2, 0.25) is 0 Å². The Morgan fingerprint density at radius 1 is 1.12 bits per heavy atom. The maximum Gasteiger partial charge on any atom is 0.463 e. The fourth-order valence-corrected chi connectivity index (χ4v) is 4.20. The number of benzene rings is 1. The number of fused-ring (bicyclic) bond motifs is 1. The minimum Gasteiger partial charge on any atom is -0.415 e. The molecule has 0 radical (unpaired) electrons. The molecule has 0 bridgehead atoms. The van der Waals surface area contributed by atoms with Gasteiger partial charge in [0.2, 0.25) is 5.89 Å². The van der Waals surface area contributed by atoms with E-state index in [0.717, 1.165) is 0 Å². The highest BCUT2D eigenvalue weighted by Gasteiger charge is 2.63. The van der Waals surface area contributed by atoms with Gasteiger partial charge in [-0.3, -0.25) is 9.59 Å². The zero-order valence-corrected chi connectivity index (χ0v) is 17.2. The van der Waals surface area contributed by atoms with Crippen molar-refractivity contribution in [2.45, 2.75) is 62.8 Å². The summed E-state index contributed by atoms with van der Waals surface area (Å²) in [6.45, 7) is 0.0350. The average molecular weight is 494 g/mol. The van der Waals surface area contributed by atoms with Crippen LogP contribution < -0.4 is 5.32 Å². The van der Waals surface area contributed by atoms with Crippen LogP contribution in [-0.2, 0) is 11.3 Å². The Hall–Kier alpha value is -3.19. The quantitative estimate of drug-likeness (QED) is 0.628. The summed E-state index contributed by atoms with van der Waals surface area (Å²) in [7, 11) is 0. The third-order valence-corrected chi connectivity index (χ3v) is 5.90. The molecule has 14 heteroatoms. The van der Waals surface area contributed by atoms with Crippen molar-refractivity contribution in [3.63, 3.8) is 0 Å². The highest BCUT2D eigenvalue weighted by Crippen LogP contribution is 2.37. The molecule has 184 valence electrons. The molecule has 0 spiro atoms. The molecule has 34 heavy (non-hydrogen) atoms. The zero-order valence-electron chi connectivity index (χ0n) is 17.2. The van der Waals surface area contributed by atoms with Gasteiger partial charge in [-0.2, -0.15) is 30.7 Å². The number of carbonyl (C=O) groups excluding carboxylic acids is 2. The molecular formula is C20H17F7N4O3. The van der Waals surface area contributed by atoms with Gasteiger partial charge < -0.3 is 14.6 Å². The Labute approximate surface area is 187 Å². The van der Waals surface area contributed by atoms with Crippen molar-refractivity contribution < 1.29 is 44.7 Å². The number of hydrogen-bond donors (Lipinski definition) is 1. The largest absolute Gasteiger partial charge is 0.463 e. The van der Waals surface area contributed by atoms with Crippen LogP contribution in [0.25, 0.3) is 11.5 Å². The monoisotopic (exact) mass is 494 g/mol. The lowest BCUT2D eigenvalue weighted by atomic mass is 9.89. The second-order valence-electron chi connectivity index (χ2n) is 8.06. The number of alkyl halides is 7. The lowest BCUT2D eigenvalue weighted by Crippen LogP contribution is -2.59. The molecule has 4 rings (SSSR count). The summed E-state index contributed by atoms with van der Waals surface area (Å²) in [6, 6.07) is 2.45. The molecule has 2 atom stereocenters. The number of carbonyl (C=O) groups is 2.